The lowest BCUT2D eigenvalue weighted by atomic mass is 9.85. The first kappa shape index (κ1) is 30.8. The fourth-order valence-electron chi connectivity index (χ4n) is 4.72. The van der Waals surface area contributed by atoms with E-state index in [0.29, 0.717) is 0 Å². The Morgan fingerprint density at radius 3 is 0.884 bits per heavy atom. The molecular formula is C34H32N2O7. The predicted molar refractivity (Wildman–Crippen MR) is 158 cm³/mol. The Bertz CT molecular complexity index is 1330. The lowest BCUT2D eigenvalue weighted by molar-refractivity contribution is -0.147. The van der Waals surface area contributed by atoms with Crippen LogP contribution in [0.15, 0.2) is 121 Å². The zero-order valence-electron chi connectivity index (χ0n) is 23.4. The van der Waals surface area contributed by atoms with Gasteiger partial charge in [0.2, 0.25) is 0 Å². The van der Waals surface area contributed by atoms with Gasteiger partial charge in [0.15, 0.2) is 0 Å². The molecule has 0 aliphatic heterocycles. The second-order valence-corrected chi connectivity index (χ2v) is 10.3. The third-order valence-electron chi connectivity index (χ3n) is 6.78. The van der Waals surface area contributed by atoms with Crippen molar-refractivity contribution < 1.29 is 33.4 Å². The summed E-state index contributed by atoms with van der Waals surface area (Å²) in [5.74, 6) is -2.24. The Morgan fingerprint density at radius 1 is 0.419 bits per heavy atom. The van der Waals surface area contributed by atoms with Gasteiger partial charge < -0.3 is 25.7 Å². The van der Waals surface area contributed by atoms with Crippen molar-refractivity contribution in [3.63, 3.8) is 0 Å². The van der Waals surface area contributed by atoms with E-state index in [1.54, 1.807) is 97.1 Å². The van der Waals surface area contributed by atoms with Gasteiger partial charge in [0.1, 0.15) is 11.1 Å². The molecule has 0 aromatic heterocycles. The van der Waals surface area contributed by atoms with Crippen LogP contribution in [-0.4, -0.2) is 35.3 Å². The molecule has 0 fully saturated rings. The van der Waals surface area contributed by atoms with Gasteiger partial charge in [-0.1, -0.05) is 121 Å². The second-order valence-electron chi connectivity index (χ2n) is 10.3. The Balaban J connectivity index is 1.43. The maximum Gasteiger partial charge on any atom is 0.526 e. The smallest absolute Gasteiger partial charge is 0.358 e. The van der Waals surface area contributed by atoms with E-state index in [1.807, 2.05) is 24.3 Å². The van der Waals surface area contributed by atoms with Gasteiger partial charge in [-0.2, -0.15) is 0 Å². The zero-order chi connectivity index (χ0) is 30.7. The Labute approximate surface area is 249 Å². The van der Waals surface area contributed by atoms with E-state index in [1.165, 1.54) is 0 Å². The van der Waals surface area contributed by atoms with E-state index in [0.717, 1.165) is 22.3 Å². The van der Waals surface area contributed by atoms with Gasteiger partial charge in [0, 0.05) is 25.7 Å². The first-order valence-electron chi connectivity index (χ1n) is 13.6. The summed E-state index contributed by atoms with van der Waals surface area (Å²) < 4.78 is 14.1. The quantitative estimate of drug-likeness (QED) is 0.201. The Morgan fingerprint density at radius 2 is 0.651 bits per heavy atom. The second kappa shape index (κ2) is 14.2. The van der Waals surface area contributed by atoms with Crippen LogP contribution in [-0.2, 0) is 49.5 Å². The Hall–Kier alpha value is -5.12. The van der Waals surface area contributed by atoms with Gasteiger partial charge in [0.05, 0.1) is 0 Å². The number of esters is 2. The monoisotopic (exact) mass is 580 g/mol. The average molecular weight is 581 g/mol. The van der Waals surface area contributed by atoms with Crippen molar-refractivity contribution in [1.29, 1.82) is 0 Å². The van der Waals surface area contributed by atoms with Crippen molar-refractivity contribution >= 4 is 24.2 Å². The van der Waals surface area contributed by atoms with Gasteiger partial charge in [-0.15, -0.1) is 0 Å². The molecule has 0 spiro atoms. The van der Waals surface area contributed by atoms with Crippen LogP contribution in [0, 0.1) is 0 Å². The van der Waals surface area contributed by atoms with Gasteiger partial charge in [0.25, 0.3) is 0 Å². The van der Waals surface area contributed by atoms with Gasteiger partial charge in [-0.25, -0.2) is 19.2 Å². The fraction of sp³-hybridized carbons (Fsp3) is 0.176. The van der Waals surface area contributed by atoms with Gasteiger partial charge in [-0.3, -0.25) is 0 Å². The normalized spacial score (nSPS) is 11.3. The number of hydrogen-bond donors (Lipinski definition) is 2. The summed E-state index contributed by atoms with van der Waals surface area (Å²) in [6.45, 7) is 0. The van der Waals surface area contributed by atoms with Crippen molar-refractivity contribution in [2.24, 2.45) is 11.5 Å². The van der Waals surface area contributed by atoms with E-state index in [-0.39, 0.29) is 25.7 Å². The van der Waals surface area contributed by atoms with E-state index < -0.39 is 35.3 Å². The highest BCUT2D eigenvalue weighted by atomic mass is 16.8. The summed E-state index contributed by atoms with van der Waals surface area (Å²) >= 11 is 0. The lowest BCUT2D eigenvalue weighted by Crippen LogP contribution is -2.54. The maximum absolute atomic E-state index is 13.2. The summed E-state index contributed by atoms with van der Waals surface area (Å²) in [4.78, 5) is 51.3. The highest BCUT2D eigenvalue weighted by molar-refractivity contribution is 5.95. The molecule has 4 aromatic carbocycles. The number of carbonyl (C=O) groups is 4. The van der Waals surface area contributed by atoms with Crippen molar-refractivity contribution in [2.45, 2.75) is 36.8 Å². The molecule has 0 saturated heterocycles. The average Bonchev–Trinajstić information content (AvgIpc) is 2.99. The van der Waals surface area contributed by atoms with E-state index in [4.69, 9.17) is 20.9 Å². The third-order valence-corrected chi connectivity index (χ3v) is 6.78. The molecule has 0 saturated carbocycles. The van der Waals surface area contributed by atoms with Crippen molar-refractivity contribution in [3.8, 4) is 0 Å². The molecule has 0 radical (unpaired) electrons. The SMILES string of the molecule is NC(Cc1ccccc1)(Cc1ccccc1)C(=O)OC(=O)OC(=O)OC(=O)C(N)(Cc1ccccc1)Cc1ccccc1. The van der Waals surface area contributed by atoms with Crippen LogP contribution in [0.25, 0.3) is 0 Å². The minimum Gasteiger partial charge on any atom is -0.358 e. The largest absolute Gasteiger partial charge is 0.526 e. The molecule has 0 aliphatic rings. The predicted octanol–water partition coefficient (Wildman–Crippen LogP) is 4.70. The molecule has 0 heterocycles. The van der Waals surface area contributed by atoms with Crippen LogP contribution in [0.4, 0.5) is 9.59 Å². The number of nitrogens with two attached hydrogens (primary N) is 2. The van der Waals surface area contributed by atoms with E-state index in [9.17, 15) is 19.2 Å². The summed E-state index contributed by atoms with van der Waals surface area (Å²) in [6, 6.07) is 35.8. The molecular weight excluding hydrogens is 548 g/mol. The van der Waals surface area contributed by atoms with Crippen LogP contribution in [0.5, 0.6) is 0 Å². The topological polar surface area (TPSA) is 148 Å². The molecule has 0 unspecified atom stereocenters. The molecule has 43 heavy (non-hydrogen) atoms. The summed E-state index contributed by atoms with van der Waals surface area (Å²) in [5, 5.41) is 0. The highest BCUT2D eigenvalue weighted by Gasteiger charge is 2.40. The van der Waals surface area contributed by atoms with Crippen LogP contribution < -0.4 is 11.5 Å². The summed E-state index contributed by atoms with van der Waals surface area (Å²) in [7, 11) is 0. The third kappa shape index (κ3) is 8.93. The van der Waals surface area contributed by atoms with Gasteiger partial charge >= 0.3 is 24.2 Å². The van der Waals surface area contributed by atoms with Crippen molar-refractivity contribution in [2.75, 3.05) is 0 Å². The number of ether oxygens (including phenoxy) is 3. The molecule has 0 bridgehead atoms. The minimum atomic E-state index is -1.69. The first-order chi connectivity index (χ1) is 20.6. The van der Waals surface area contributed by atoms with Crippen molar-refractivity contribution in [1.82, 2.24) is 0 Å². The summed E-state index contributed by atoms with van der Waals surface area (Å²) in [6.07, 6.45) is -3.24. The highest BCUT2D eigenvalue weighted by Crippen LogP contribution is 2.21. The van der Waals surface area contributed by atoms with Crippen LogP contribution in [0.2, 0.25) is 0 Å². The molecule has 4 N–H and O–H groups in total. The van der Waals surface area contributed by atoms with Crippen LogP contribution in [0.1, 0.15) is 22.3 Å². The number of rotatable bonds is 10. The number of carbonyl (C=O) groups excluding carboxylic acids is 4. The van der Waals surface area contributed by atoms with Gasteiger partial charge in [-0.05, 0) is 22.3 Å². The molecule has 4 aromatic rings. The molecule has 0 amide bonds. The standard InChI is InChI=1S/C34H32N2O7/c35-33(21-25-13-5-1-6-14-25,22-26-15-7-2-8-16-26)29(37)41-31(39)43-32(40)42-30(38)34(36,23-27-17-9-3-10-18-27)24-28-19-11-4-12-20-28/h1-20H,21-24,35-36H2. The fourth-order valence-corrected chi connectivity index (χ4v) is 4.72. The first-order valence-corrected chi connectivity index (χ1v) is 13.6. The minimum absolute atomic E-state index is 0.0342. The zero-order valence-corrected chi connectivity index (χ0v) is 23.4. The maximum atomic E-state index is 13.2. The molecule has 4 rings (SSSR count). The number of hydrogen-bond acceptors (Lipinski definition) is 9. The molecule has 0 atom stereocenters. The Kier molecular flexibility index (Phi) is 10.2. The molecule has 0 aliphatic carbocycles. The van der Waals surface area contributed by atoms with E-state index in [2.05, 4.69) is 4.74 Å². The molecule has 9 heteroatoms. The molecule has 220 valence electrons. The van der Waals surface area contributed by atoms with Crippen molar-refractivity contribution in [3.05, 3.63) is 144 Å². The molecule has 9 nitrogen and oxygen atoms in total. The van der Waals surface area contributed by atoms with Crippen LogP contribution in [0.3, 0.4) is 0 Å². The van der Waals surface area contributed by atoms with Crippen LogP contribution >= 0.6 is 0 Å². The lowest BCUT2D eigenvalue weighted by Gasteiger charge is -2.27. The summed E-state index contributed by atoms with van der Waals surface area (Å²) in [5.41, 5.74) is 12.6. The van der Waals surface area contributed by atoms with E-state index >= 15 is 0 Å². The number of benzene rings is 4.